The SMILES string of the molecule is O=C(Nc1ccc(OCc2ccccc2)nc1)c1cnc2[nH]c(=O)[nH]c(=O)c2c1. The molecule has 4 rings (SSSR count). The number of hydrogen-bond donors (Lipinski definition) is 3. The quantitative estimate of drug-likeness (QED) is 0.477. The lowest BCUT2D eigenvalue weighted by Gasteiger charge is -2.08. The van der Waals surface area contributed by atoms with Crippen LogP contribution in [0.2, 0.25) is 0 Å². The van der Waals surface area contributed by atoms with Crippen LogP contribution in [0.25, 0.3) is 11.0 Å². The van der Waals surface area contributed by atoms with Crippen LogP contribution in [0.3, 0.4) is 0 Å². The van der Waals surface area contributed by atoms with Crippen LogP contribution >= 0.6 is 0 Å². The highest BCUT2D eigenvalue weighted by atomic mass is 16.5. The molecule has 144 valence electrons. The van der Waals surface area contributed by atoms with Crippen LogP contribution in [-0.4, -0.2) is 25.8 Å². The Morgan fingerprint density at radius 3 is 2.59 bits per heavy atom. The summed E-state index contributed by atoms with van der Waals surface area (Å²) in [5, 5.41) is 2.78. The number of aromatic amines is 2. The largest absolute Gasteiger partial charge is 0.473 e. The summed E-state index contributed by atoms with van der Waals surface area (Å²) in [5.41, 5.74) is 0.473. The predicted molar refractivity (Wildman–Crippen MR) is 106 cm³/mol. The van der Waals surface area contributed by atoms with Gasteiger partial charge < -0.3 is 10.1 Å². The molecule has 9 nitrogen and oxygen atoms in total. The van der Waals surface area contributed by atoms with E-state index in [9.17, 15) is 14.4 Å². The van der Waals surface area contributed by atoms with Crippen LogP contribution in [0, 0.1) is 0 Å². The normalized spacial score (nSPS) is 10.6. The van der Waals surface area contributed by atoms with Crippen molar-refractivity contribution in [3.8, 4) is 5.88 Å². The number of carbonyl (C=O) groups excluding carboxylic acids is 1. The lowest BCUT2D eigenvalue weighted by atomic mass is 10.2. The minimum absolute atomic E-state index is 0.108. The first kappa shape index (κ1) is 18.1. The molecule has 0 saturated heterocycles. The van der Waals surface area contributed by atoms with Gasteiger partial charge in [-0.25, -0.2) is 14.8 Å². The summed E-state index contributed by atoms with van der Waals surface area (Å²) < 4.78 is 5.61. The van der Waals surface area contributed by atoms with Gasteiger partial charge in [0, 0.05) is 12.3 Å². The van der Waals surface area contributed by atoms with E-state index in [1.807, 2.05) is 30.3 Å². The third kappa shape index (κ3) is 4.19. The van der Waals surface area contributed by atoms with Gasteiger partial charge in [-0.2, -0.15) is 0 Å². The molecule has 1 amide bonds. The van der Waals surface area contributed by atoms with Crippen molar-refractivity contribution in [3.05, 3.63) is 92.9 Å². The molecule has 1 aromatic carbocycles. The van der Waals surface area contributed by atoms with E-state index in [0.29, 0.717) is 18.2 Å². The minimum atomic E-state index is -0.659. The average molecular weight is 389 g/mol. The predicted octanol–water partition coefficient (Wildman–Crippen LogP) is 1.84. The molecule has 4 aromatic rings. The zero-order chi connectivity index (χ0) is 20.2. The first-order valence-electron chi connectivity index (χ1n) is 8.65. The summed E-state index contributed by atoms with van der Waals surface area (Å²) in [4.78, 5) is 48.2. The number of ether oxygens (including phenoxy) is 1. The molecule has 0 atom stereocenters. The zero-order valence-corrected chi connectivity index (χ0v) is 15.0. The second-order valence-electron chi connectivity index (χ2n) is 6.14. The first-order chi connectivity index (χ1) is 14.1. The lowest BCUT2D eigenvalue weighted by molar-refractivity contribution is 0.102. The number of amides is 1. The Labute approximate surface area is 163 Å². The average Bonchev–Trinajstić information content (AvgIpc) is 2.73. The standard InChI is InChI=1S/C20H15N5O4/c26-18(13-8-15-17(22-9-13)24-20(28)25-19(15)27)23-14-6-7-16(21-10-14)29-11-12-4-2-1-3-5-12/h1-10H,11H2,(H,23,26)(H2,22,24,25,27,28). The summed E-state index contributed by atoms with van der Waals surface area (Å²) in [7, 11) is 0. The fourth-order valence-corrected chi connectivity index (χ4v) is 2.65. The van der Waals surface area contributed by atoms with Gasteiger partial charge in [0.05, 0.1) is 22.8 Å². The van der Waals surface area contributed by atoms with Crippen molar-refractivity contribution in [2.75, 3.05) is 5.32 Å². The van der Waals surface area contributed by atoms with E-state index in [1.54, 1.807) is 12.1 Å². The van der Waals surface area contributed by atoms with Crippen molar-refractivity contribution in [3.63, 3.8) is 0 Å². The topological polar surface area (TPSA) is 130 Å². The molecule has 0 aliphatic heterocycles. The lowest BCUT2D eigenvalue weighted by Crippen LogP contribution is -2.23. The molecule has 3 N–H and O–H groups in total. The van der Waals surface area contributed by atoms with Crippen molar-refractivity contribution >= 4 is 22.6 Å². The Hall–Kier alpha value is -4.27. The number of carbonyl (C=O) groups is 1. The number of nitrogens with zero attached hydrogens (tertiary/aromatic N) is 2. The molecule has 0 aliphatic rings. The first-order valence-corrected chi connectivity index (χ1v) is 8.65. The Balaban J connectivity index is 1.45. The summed E-state index contributed by atoms with van der Waals surface area (Å²) >= 11 is 0. The van der Waals surface area contributed by atoms with Crippen LogP contribution in [0.1, 0.15) is 15.9 Å². The Bertz CT molecular complexity index is 1280. The summed E-state index contributed by atoms with van der Waals surface area (Å²) in [6.45, 7) is 0.388. The molecular weight excluding hydrogens is 374 g/mol. The highest BCUT2D eigenvalue weighted by molar-refractivity contribution is 6.05. The maximum absolute atomic E-state index is 12.4. The van der Waals surface area contributed by atoms with Gasteiger partial charge in [0.25, 0.3) is 11.5 Å². The third-order valence-electron chi connectivity index (χ3n) is 4.08. The second-order valence-corrected chi connectivity index (χ2v) is 6.14. The van der Waals surface area contributed by atoms with E-state index in [2.05, 4.69) is 25.3 Å². The molecule has 0 fully saturated rings. The van der Waals surface area contributed by atoms with Gasteiger partial charge in [-0.05, 0) is 17.7 Å². The molecule has 9 heteroatoms. The van der Waals surface area contributed by atoms with Crippen LogP contribution in [0.5, 0.6) is 5.88 Å². The minimum Gasteiger partial charge on any atom is -0.473 e. The van der Waals surface area contributed by atoms with E-state index in [1.165, 1.54) is 18.5 Å². The van der Waals surface area contributed by atoms with E-state index < -0.39 is 17.2 Å². The number of H-pyrrole nitrogens is 2. The van der Waals surface area contributed by atoms with Gasteiger partial charge in [-0.1, -0.05) is 30.3 Å². The van der Waals surface area contributed by atoms with Gasteiger partial charge >= 0.3 is 5.69 Å². The van der Waals surface area contributed by atoms with Gasteiger partial charge in [-0.15, -0.1) is 0 Å². The summed E-state index contributed by atoms with van der Waals surface area (Å²) in [5.74, 6) is -0.0422. The number of pyridine rings is 2. The smallest absolute Gasteiger partial charge is 0.327 e. The molecule has 0 spiro atoms. The molecular formula is C20H15N5O4. The Morgan fingerprint density at radius 1 is 1.00 bits per heavy atom. The van der Waals surface area contributed by atoms with Crippen molar-refractivity contribution in [2.45, 2.75) is 6.61 Å². The fourth-order valence-electron chi connectivity index (χ4n) is 2.65. The van der Waals surface area contributed by atoms with E-state index >= 15 is 0 Å². The second kappa shape index (κ2) is 7.77. The Morgan fingerprint density at radius 2 is 1.83 bits per heavy atom. The van der Waals surface area contributed by atoms with Gasteiger partial charge in [0.2, 0.25) is 5.88 Å². The summed E-state index contributed by atoms with van der Waals surface area (Å²) in [6, 6.07) is 14.4. The Kier molecular flexibility index (Phi) is 4.85. The molecule has 29 heavy (non-hydrogen) atoms. The van der Waals surface area contributed by atoms with Crippen LogP contribution in [0.15, 0.2) is 70.5 Å². The van der Waals surface area contributed by atoms with Gasteiger partial charge in [0.15, 0.2) is 0 Å². The highest BCUT2D eigenvalue weighted by Crippen LogP contribution is 2.15. The monoisotopic (exact) mass is 389 g/mol. The van der Waals surface area contributed by atoms with E-state index in [4.69, 9.17) is 4.74 Å². The molecule has 3 heterocycles. The van der Waals surface area contributed by atoms with E-state index in [-0.39, 0.29) is 16.6 Å². The number of rotatable bonds is 5. The van der Waals surface area contributed by atoms with Crippen LogP contribution < -0.4 is 21.3 Å². The van der Waals surface area contributed by atoms with Crippen molar-refractivity contribution in [1.82, 2.24) is 19.9 Å². The molecule has 0 saturated carbocycles. The number of fused-ring (bicyclic) bond motifs is 1. The third-order valence-corrected chi connectivity index (χ3v) is 4.08. The molecule has 0 unspecified atom stereocenters. The number of nitrogens with one attached hydrogen (secondary N) is 3. The number of anilines is 1. The maximum Gasteiger partial charge on any atom is 0.327 e. The van der Waals surface area contributed by atoms with E-state index in [0.717, 1.165) is 5.56 Å². The number of aromatic nitrogens is 4. The highest BCUT2D eigenvalue weighted by Gasteiger charge is 2.11. The van der Waals surface area contributed by atoms with Crippen LogP contribution in [0.4, 0.5) is 5.69 Å². The van der Waals surface area contributed by atoms with Crippen molar-refractivity contribution in [1.29, 1.82) is 0 Å². The van der Waals surface area contributed by atoms with Gasteiger partial charge in [-0.3, -0.25) is 19.6 Å². The number of benzene rings is 1. The van der Waals surface area contributed by atoms with Crippen molar-refractivity contribution < 1.29 is 9.53 Å². The maximum atomic E-state index is 12.4. The fraction of sp³-hybridized carbons (Fsp3) is 0.0500. The van der Waals surface area contributed by atoms with Gasteiger partial charge in [0.1, 0.15) is 12.3 Å². The molecule has 0 aliphatic carbocycles. The number of hydrogen-bond acceptors (Lipinski definition) is 6. The molecule has 0 bridgehead atoms. The zero-order valence-electron chi connectivity index (χ0n) is 15.0. The molecule has 3 aromatic heterocycles. The molecule has 0 radical (unpaired) electrons. The van der Waals surface area contributed by atoms with Crippen molar-refractivity contribution in [2.24, 2.45) is 0 Å². The van der Waals surface area contributed by atoms with Crippen LogP contribution in [-0.2, 0) is 6.61 Å². The summed E-state index contributed by atoms with van der Waals surface area (Å²) in [6.07, 6.45) is 2.74.